The average Bonchev–Trinajstić information content (AvgIpc) is 2.37. The van der Waals surface area contributed by atoms with Crippen LogP contribution in [-0.2, 0) is 6.54 Å². The van der Waals surface area contributed by atoms with Crippen molar-refractivity contribution in [3.05, 3.63) is 59.7 Å². The monoisotopic (exact) mass is 249 g/mol. The van der Waals surface area contributed by atoms with E-state index in [4.69, 9.17) is 0 Å². The molecular weight excluding hydrogens is 236 g/mol. The predicted octanol–water partition coefficient (Wildman–Crippen LogP) is 2.61. The van der Waals surface area contributed by atoms with Crippen molar-refractivity contribution in [1.82, 2.24) is 15.3 Å². The van der Waals surface area contributed by atoms with Gasteiger partial charge in [-0.3, -0.25) is 0 Å². The molecule has 18 heavy (non-hydrogen) atoms. The van der Waals surface area contributed by atoms with Gasteiger partial charge in [0.05, 0.1) is 5.69 Å². The van der Waals surface area contributed by atoms with Gasteiger partial charge in [-0.1, -0.05) is 6.07 Å². The summed E-state index contributed by atoms with van der Waals surface area (Å²) in [5.74, 6) is -1.11. The first-order valence-electron chi connectivity index (χ1n) is 5.60. The van der Waals surface area contributed by atoms with E-state index in [1.165, 1.54) is 18.5 Å². The van der Waals surface area contributed by atoms with Gasteiger partial charge in [0.1, 0.15) is 18.0 Å². The molecule has 0 aliphatic heterocycles. The first-order valence-corrected chi connectivity index (χ1v) is 5.60. The Morgan fingerprint density at radius 2 is 2.11 bits per heavy atom. The van der Waals surface area contributed by atoms with Crippen molar-refractivity contribution in [2.75, 3.05) is 0 Å². The first kappa shape index (κ1) is 12.6. The lowest BCUT2D eigenvalue weighted by atomic mass is 10.1. The van der Waals surface area contributed by atoms with Crippen LogP contribution < -0.4 is 5.32 Å². The summed E-state index contributed by atoms with van der Waals surface area (Å²) in [6, 6.07) is 5.14. The van der Waals surface area contributed by atoms with Gasteiger partial charge in [0, 0.05) is 30.4 Å². The van der Waals surface area contributed by atoms with Crippen LogP contribution in [0.5, 0.6) is 0 Å². The second-order valence-corrected chi connectivity index (χ2v) is 3.97. The minimum Gasteiger partial charge on any atom is -0.304 e. The fourth-order valence-electron chi connectivity index (χ4n) is 1.64. The van der Waals surface area contributed by atoms with E-state index < -0.39 is 11.6 Å². The zero-order chi connectivity index (χ0) is 13.0. The van der Waals surface area contributed by atoms with E-state index in [0.29, 0.717) is 12.1 Å². The molecule has 1 heterocycles. The summed E-state index contributed by atoms with van der Waals surface area (Å²) in [6.07, 6.45) is 3.10. The van der Waals surface area contributed by atoms with Crippen molar-refractivity contribution in [3.8, 4) is 0 Å². The lowest BCUT2D eigenvalue weighted by molar-refractivity contribution is 0.514. The van der Waals surface area contributed by atoms with Gasteiger partial charge < -0.3 is 5.32 Å². The number of hydrogen-bond donors (Lipinski definition) is 1. The predicted molar refractivity (Wildman–Crippen MR) is 63.6 cm³/mol. The molecule has 2 rings (SSSR count). The molecule has 0 aliphatic carbocycles. The highest BCUT2D eigenvalue weighted by Crippen LogP contribution is 2.17. The van der Waals surface area contributed by atoms with E-state index in [1.54, 1.807) is 12.3 Å². The molecule has 1 aromatic heterocycles. The second kappa shape index (κ2) is 5.64. The molecule has 2 aromatic rings. The molecule has 1 aromatic carbocycles. The van der Waals surface area contributed by atoms with Crippen molar-refractivity contribution in [2.45, 2.75) is 19.5 Å². The van der Waals surface area contributed by atoms with Crippen LogP contribution in [0.2, 0.25) is 0 Å². The molecule has 0 bridgehead atoms. The summed E-state index contributed by atoms with van der Waals surface area (Å²) >= 11 is 0. The largest absolute Gasteiger partial charge is 0.304 e. The number of nitrogens with zero attached hydrogens (tertiary/aromatic N) is 2. The molecule has 0 saturated heterocycles. The molecular formula is C13H13F2N3. The van der Waals surface area contributed by atoms with Gasteiger partial charge in [0.25, 0.3) is 0 Å². The highest BCUT2D eigenvalue weighted by Gasteiger charge is 2.11. The van der Waals surface area contributed by atoms with Crippen molar-refractivity contribution in [2.24, 2.45) is 0 Å². The second-order valence-electron chi connectivity index (χ2n) is 3.97. The van der Waals surface area contributed by atoms with Gasteiger partial charge in [0.15, 0.2) is 0 Å². The maximum Gasteiger partial charge on any atom is 0.130 e. The average molecular weight is 249 g/mol. The number of aromatic nitrogens is 2. The fraction of sp³-hybridized carbons (Fsp3) is 0.231. The van der Waals surface area contributed by atoms with Crippen molar-refractivity contribution in [3.63, 3.8) is 0 Å². The Morgan fingerprint density at radius 1 is 1.28 bits per heavy atom. The summed E-state index contributed by atoms with van der Waals surface area (Å²) < 4.78 is 26.3. The smallest absolute Gasteiger partial charge is 0.130 e. The van der Waals surface area contributed by atoms with Crippen LogP contribution in [-0.4, -0.2) is 9.97 Å². The van der Waals surface area contributed by atoms with Gasteiger partial charge in [0.2, 0.25) is 0 Å². The molecule has 94 valence electrons. The molecule has 0 aliphatic rings. The van der Waals surface area contributed by atoms with E-state index in [-0.39, 0.29) is 6.04 Å². The zero-order valence-electron chi connectivity index (χ0n) is 9.90. The number of benzene rings is 1. The normalized spacial score (nSPS) is 12.4. The van der Waals surface area contributed by atoms with E-state index in [0.717, 1.165) is 11.8 Å². The minimum atomic E-state index is -0.570. The van der Waals surface area contributed by atoms with Crippen LogP contribution in [0.4, 0.5) is 8.78 Å². The van der Waals surface area contributed by atoms with Gasteiger partial charge in [-0.25, -0.2) is 18.7 Å². The number of nitrogens with one attached hydrogen (secondary N) is 1. The van der Waals surface area contributed by atoms with Gasteiger partial charge in [-0.2, -0.15) is 0 Å². The number of halogens is 2. The third kappa shape index (κ3) is 3.07. The Hall–Kier alpha value is -1.88. The Bertz CT molecular complexity index is 517. The molecule has 0 saturated carbocycles. The van der Waals surface area contributed by atoms with Crippen molar-refractivity contribution in [1.29, 1.82) is 0 Å². The van der Waals surface area contributed by atoms with Crippen LogP contribution in [0.1, 0.15) is 24.2 Å². The number of hydrogen-bond acceptors (Lipinski definition) is 3. The SMILES string of the molecule is CC(NCc1ccncn1)c1ccc(F)cc1F. The first-order chi connectivity index (χ1) is 8.66. The Morgan fingerprint density at radius 3 is 2.78 bits per heavy atom. The van der Waals surface area contributed by atoms with Crippen LogP contribution in [0.25, 0.3) is 0 Å². The standard InChI is InChI=1S/C13H13F2N3/c1-9(12-3-2-10(14)6-13(12)15)17-7-11-4-5-16-8-18-11/h2-6,8-9,17H,7H2,1H3. The maximum atomic E-state index is 13.5. The summed E-state index contributed by atoms with van der Waals surface area (Å²) in [7, 11) is 0. The van der Waals surface area contributed by atoms with Crippen LogP contribution in [0.15, 0.2) is 36.8 Å². The van der Waals surface area contributed by atoms with Gasteiger partial charge >= 0.3 is 0 Å². The Labute approximate surface area is 104 Å². The molecule has 5 heteroatoms. The van der Waals surface area contributed by atoms with Crippen LogP contribution in [0, 0.1) is 11.6 Å². The van der Waals surface area contributed by atoms with E-state index in [9.17, 15) is 8.78 Å². The zero-order valence-corrected chi connectivity index (χ0v) is 9.90. The summed E-state index contributed by atoms with van der Waals surface area (Å²) in [6.45, 7) is 2.32. The van der Waals surface area contributed by atoms with Gasteiger partial charge in [-0.15, -0.1) is 0 Å². The minimum absolute atomic E-state index is 0.222. The number of rotatable bonds is 4. The van der Waals surface area contributed by atoms with E-state index >= 15 is 0 Å². The third-order valence-corrected chi connectivity index (χ3v) is 2.66. The fourth-order valence-corrected chi connectivity index (χ4v) is 1.64. The van der Waals surface area contributed by atoms with Gasteiger partial charge in [-0.05, 0) is 19.1 Å². The molecule has 3 nitrogen and oxygen atoms in total. The Balaban J connectivity index is 2.01. The molecule has 1 N–H and O–H groups in total. The maximum absolute atomic E-state index is 13.5. The molecule has 0 spiro atoms. The third-order valence-electron chi connectivity index (χ3n) is 2.66. The molecule has 1 atom stereocenters. The highest BCUT2D eigenvalue weighted by atomic mass is 19.1. The lowest BCUT2D eigenvalue weighted by Gasteiger charge is -2.14. The van der Waals surface area contributed by atoms with Crippen LogP contribution >= 0.6 is 0 Å². The van der Waals surface area contributed by atoms with Crippen molar-refractivity contribution >= 4 is 0 Å². The quantitative estimate of drug-likeness (QED) is 0.905. The summed E-state index contributed by atoms with van der Waals surface area (Å²) in [4.78, 5) is 7.87. The molecule has 0 amide bonds. The highest BCUT2D eigenvalue weighted by molar-refractivity contribution is 5.21. The van der Waals surface area contributed by atoms with E-state index in [2.05, 4.69) is 15.3 Å². The van der Waals surface area contributed by atoms with Crippen LogP contribution in [0.3, 0.4) is 0 Å². The van der Waals surface area contributed by atoms with Crippen molar-refractivity contribution < 1.29 is 8.78 Å². The molecule has 0 fully saturated rings. The summed E-state index contributed by atoms with van der Waals surface area (Å²) in [5.41, 5.74) is 1.25. The topological polar surface area (TPSA) is 37.8 Å². The molecule has 1 unspecified atom stereocenters. The Kier molecular flexibility index (Phi) is 3.94. The van der Waals surface area contributed by atoms with E-state index in [1.807, 2.05) is 6.92 Å². The molecule has 0 radical (unpaired) electrons. The lowest BCUT2D eigenvalue weighted by Crippen LogP contribution is -2.19. The summed E-state index contributed by atoms with van der Waals surface area (Å²) in [5, 5.41) is 3.12.